The maximum Gasteiger partial charge on any atom is 0.304 e. The van der Waals surface area contributed by atoms with Crippen molar-refractivity contribution in [2.45, 2.75) is 20.3 Å². The Labute approximate surface area is 80.5 Å². The molecule has 0 unspecified atom stereocenters. The molecule has 4 heteroatoms. The van der Waals surface area contributed by atoms with Crippen LogP contribution in [-0.2, 0) is 24.3 Å². The minimum Gasteiger partial charge on any atom is -0.481 e. The molecule has 0 rings (SSSR count). The van der Waals surface area contributed by atoms with Gasteiger partial charge in [-0.1, -0.05) is 13.8 Å². The zero-order chi connectivity index (χ0) is 7.98. The van der Waals surface area contributed by atoms with Gasteiger partial charge in [-0.3, -0.25) is 4.79 Å². The molecule has 0 fully saturated rings. The van der Waals surface area contributed by atoms with Gasteiger partial charge in [-0.2, -0.15) is 0 Å². The van der Waals surface area contributed by atoms with Crippen molar-refractivity contribution in [2.75, 3.05) is 19.6 Å². The smallest absolute Gasteiger partial charge is 0.304 e. The van der Waals surface area contributed by atoms with Gasteiger partial charge in [0, 0.05) is 26.0 Å². The van der Waals surface area contributed by atoms with Crippen molar-refractivity contribution in [1.29, 1.82) is 0 Å². The Morgan fingerprint density at radius 1 is 1.36 bits per heavy atom. The van der Waals surface area contributed by atoms with Crippen molar-refractivity contribution in [3.63, 3.8) is 0 Å². The SMILES string of the molecule is CCN(CC)CCC(=O)O.[Zn]. The summed E-state index contributed by atoms with van der Waals surface area (Å²) in [4.78, 5) is 12.2. The molecule has 0 aromatic heterocycles. The second-order valence-corrected chi connectivity index (χ2v) is 2.17. The van der Waals surface area contributed by atoms with E-state index in [1.807, 2.05) is 13.8 Å². The average molecular weight is 211 g/mol. The molecule has 0 spiro atoms. The van der Waals surface area contributed by atoms with Gasteiger partial charge in [0.15, 0.2) is 0 Å². The minimum absolute atomic E-state index is 0. The van der Waals surface area contributed by atoms with Gasteiger partial charge in [0.2, 0.25) is 0 Å². The fourth-order valence-corrected chi connectivity index (χ4v) is 0.794. The molecule has 0 aliphatic rings. The Morgan fingerprint density at radius 2 is 1.82 bits per heavy atom. The summed E-state index contributed by atoms with van der Waals surface area (Å²) >= 11 is 0. The van der Waals surface area contributed by atoms with Crippen LogP contribution in [0.3, 0.4) is 0 Å². The second-order valence-electron chi connectivity index (χ2n) is 2.17. The summed E-state index contributed by atoms with van der Waals surface area (Å²) in [6.45, 7) is 6.60. The van der Waals surface area contributed by atoms with Crippen LogP contribution >= 0.6 is 0 Å². The molecule has 0 atom stereocenters. The van der Waals surface area contributed by atoms with Gasteiger partial charge in [-0.15, -0.1) is 0 Å². The van der Waals surface area contributed by atoms with Crippen LogP contribution < -0.4 is 0 Å². The molecule has 0 aromatic rings. The fraction of sp³-hybridized carbons (Fsp3) is 0.857. The maximum absolute atomic E-state index is 10.1. The minimum atomic E-state index is -0.716. The summed E-state index contributed by atoms with van der Waals surface area (Å²) in [5.74, 6) is -0.716. The summed E-state index contributed by atoms with van der Waals surface area (Å²) in [5, 5.41) is 8.33. The second kappa shape index (κ2) is 8.15. The van der Waals surface area contributed by atoms with Crippen LogP contribution in [0, 0.1) is 0 Å². The molecule has 11 heavy (non-hydrogen) atoms. The van der Waals surface area contributed by atoms with E-state index in [1.54, 1.807) is 0 Å². The largest absolute Gasteiger partial charge is 0.481 e. The summed E-state index contributed by atoms with van der Waals surface area (Å²) in [6.07, 6.45) is 0.252. The summed E-state index contributed by atoms with van der Waals surface area (Å²) in [5.41, 5.74) is 0. The third kappa shape index (κ3) is 7.96. The van der Waals surface area contributed by atoms with E-state index in [-0.39, 0.29) is 25.9 Å². The number of carboxylic acid groups (broad SMARTS) is 1. The van der Waals surface area contributed by atoms with Crippen molar-refractivity contribution < 1.29 is 29.4 Å². The van der Waals surface area contributed by atoms with Crippen molar-refractivity contribution in [3.05, 3.63) is 0 Å². The Kier molecular flexibility index (Phi) is 10.1. The molecule has 1 N–H and O–H groups in total. The fourth-order valence-electron chi connectivity index (χ4n) is 0.794. The predicted octanol–water partition coefficient (Wildman–Crippen LogP) is 0.800. The molecule has 0 aliphatic carbocycles. The van der Waals surface area contributed by atoms with Crippen LogP contribution in [0.15, 0.2) is 0 Å². The normalized spacial score (nSPS) is 9.36. The Hall–Kier alpha value is 0.0534. The molecular weight excluding hydrogens is 195 g/mol. The zero-order valence-electron chi connectivity index (χ0n) is 7.34. The first kappa shape index (κ1) is 13.6. The van der Waals surface area contributed by atoms with E-state index in [4.69, 9.17) is 5.11 Å². The van der Waals surface area contributed by atoms with E-state index in [1.165, 1.54) is 0 Å². The van der Waals surface area contributed by atoms with Gasteiger partial charge in [0.25, 0.3) is 0 Å². The Morgan fingerprint density at radius 3 is 2.09 bits per heavy atom. The molecule has 0 radical (unpaired) electrons. The summed E-state index contributed by atoms with van der Waals surface area (Å²) in [7, 11) is 0. The molecule has 0 aliphatic heterocycles. The quantitative estimate of drug-likeness (QED) is 0.683. The van der Waals surface area contributed by atoms with Crippen molar-refractivity contribution in [1.82, 2.24) is 4.90 Å². The Balaban J connectivity index is 0. The van der Waals surface area contributed by atoms with Crippen LogP contribution in [0.5, 0.6) is 0 Å². The van der Waals surface area contributed by atoms with Crippen molar-refractivity contribution in [2.24, 2.45) is 0 Å². The first-order valence-corrected chi connectivity index (χ1v) is 3.64. The molecule has 0 aromatic carbocycles. The first-order chi connectivity index (χ1) is 4.70. The standard InChI is InChI=1S/C7H15NO2.Zn/c1-3-8(4-2)6-5-7(9)10;/h3-6H2,1-2H3,(H,9,10);. The molecule has 0 saturated carbocycles. The third-order valence-corrected chi connectivity index (χ3v) is 1.54. The van der Waals surface area contributed by atoms with Crippen molar-refractivity contribution in [3.8, 4) is 0 Å². The van der Waals surface area contributed by atoms with Gasteiger partial charge in [0.1, 0.15) is 0 Å². The van der Waals surface area contributed by atoms with E-state index < -0.39 is 5.97 Å². The number of carbonyl (C=O) groups is 1. The molecule has 0 heterocycles. The number of hydrogen-bond donors (Lipinski definition) is 1. The molecule has 0 saturated heterocycles. The van der Waals surface area contributed by atoms with Crippen LogP contribution in [0.25, 0.3) is 0 Å². The maximum atomic E-state index is 10.1. The van der Waals surface area contributed by atoms with Gasteiger partial charge in [-0.05, 0) is 13.1 Å². The average Bonchev–Trinajstić information content (AvgIpc) is 1.90. The number of hydrogen-bond acceptors (Lipinski definition) is 2. The molecule has 0 bridgehead atoms. The predicted molar refractivity (Wildman–Crippen MR) is 40.0 cm³/mol. The van der Waals surface area contributed by atoms with E-state index in [2.05, 4.69) is 4.90 Å². The zero-order valence-corrected chi connectivity index (χ0v) is 10.3. The summed E-state index contributed by atoms with van der Waals surface area (Å²) in [6, 6.07) is 0. The number of rotatable bonds is 5. The van der Waals surface area contributed by atoms with Gasteiger partial charge in [0.05, 0.1) is 6.42 Å². The molecule has 0 amide bonds. The molecule has 62 valence electrons. The number of carboxylic acids is 1. The monoisotopic (exact) mass is 209 g/mol. The third-order valence-electron chi connectivity index (χ3n) is 1.54. The van der Waals surface area contributed by atoms with Crippen molar-refractivity contribution >= 4 is 5.97 Å². The van der Waals surface area contributed by atoms with Gasteiger partial charge >= 0.3 is 5.97 Å². The Bertz CT molecular complexity index is 105. The van der Waals surface area contributed by atoms with Crippen LogP contribution in [0.2, 0.25) is 0 Å². The topological polar surface area (TPSA) is 40.5 Å². The number of nitrogens with zero attached hydrogens (tertiary/aromatic N) is 1. The van der Waals surface area contributed by atoms with E-state index >= 15 is 0 Å². The number of aliphatic carboxylic acids is 1. The van der Waals surface area contributed by atoms with Gasteiger partial charge in [-0.25, -0.2) is 0 Å². The van der Waals surface area contributed by atoms with Gasteiger partial charge < -0.3 is 10.0 Å². The van der Waals surface area contributed by atoms with E-state index in [9.17, 15) is 4.79 Å². The molecular formula is C7H15NO2Zn. The first-order valence-electron chi connectivity index (χ1n) is 3.64. The van der Waals surface area contributed by atoms with Crippen LogP contribution in [0.1, 0.15) is 20.3 Å². The van der Waals surface area contributed by atoms with E-state index in [0.29, 0.717) is 6.54 Å². The molecule has 3 nitrogen and oxygen atoms in total. The van der Waals surface area contributed by atoms with E-state index in [0.717, 1.165) is 13.1 Å². The van der Waals surface area contributed by atoms with Crippen LogP contribution in [-0.4, -0.2) is 35.6 Å². The summed E-state index contributed by atoms with van der Waals surface area (Å²) < 4.78 is 0. The van der Waals surface area contributed by atoms with Crippen LogP contribution in [0.4, 0.5) is 0 Å².